The maximum atomic E-state index is 13.3. The Labute approximate surface area is 126 Å². The third-order valence-corrected chi connectivity index (χ3v) is 4.67. The number of nitrogens with two attached hydrogens (primary N) is 1. The molecule has 0 radical (unpaired) electrons. The molecule has 2 heteroatoms. The van der Waals surface area contributed by atoms with E-state index >= 15 is 0 Å². The number of hydrogen-bond acceptors (Lipinski definition) is 1. The summed E-state index contributed by atoms with van der Waals surface area (Å²) < 4.78 is 13.3. The van der Waals surface area contributed by atoms with Crippen LogP contribution in [0.2, 0.25) is 0 Å². The lowest BCUT2D eigenvalue weighted by Crippen LogP contribution is -2.15. The quantitative estimate of drug-likeness (QED) is 0.795. The molecule has 3 rings (SSSR count). The normalized spacial score (nSPS) is 22.1. The highest BCUT2D eigenvalue weighted by Crippen LogP contribution is 2.37. The molecule has 1 saturated carbocycles. The fourth-order valence-corrected chi connectivity index (χ4v) is 3.45. The Hall–Kier alpha value is -1.83. The molecule has 0 heterocycles. The fourth-order valence-electron chi connectivity index (χ4n) is 3.45. The lowest BCUT2D eigenvalue weighted by atomic mass is 9.76. The van der Waals surface area contributed by atoms with Crippen molar-refractivity contribution >= 4 is 5.69 Å². The fraction of sp³-hybridized carbons (Fsp3) is 0.368. The Morgan fingerprint density at radius 2 is 1.67 bits per heavy atom. The van der Waals surface area contributed by atoms with E-state index < -0.39 is 0 Å². The van der Waals surface area contributed by atoms with E-state index in [1.165, 1.54) is 42.9 Å². The van der Waals surface area contributed by atoms with Crippen molar-refractivity contribution in [2.75, 3.05) is 5.73 Å². The molecule has 1 aliphatic rings. The van der Waals surface area contributed by atoms with Crippen LogP contribution in [0.4, 0.5) is 10.1 Å². The molecule has 1 aliphatic carbocycles. The Bertz CT molecular complexity index is 583. The summed E-state index contributed by atoms with van der Waals surface area (Å²) in [5.74, 6) is 1.17. The van der Waals surface area contributed by atoms with E-state index in [2.05, 4.69) is 18.2 Å². The molecule has 21 heavy (non-hydrogen) atoms. The zero-order valence-corrected chi connectivity index (χ0v) is 12.3. The summed E-state index contributed by atoms with van der Waals surface area (Å²) in [7, 11) is 0. The van der Waals surface area contributed by atoms with E-state index in [9.17, 15) is 4.39 Å². The van der Waals surface area contributed by atoms with Crippen LogP contribution in [0.1, 0.15) is 42.7 Å². The maximum absolute atomic E-state index is 13.3. The molecule has 0 bridgehead atoms. The number of rotatable bonds is 3. The predicted octanol–water partition coefficient (Wildman–Crippen LogP) is 4.92. The lowest BCUT2D eigenvalue weighted by molar-refractivity contribution is 0.324. The highest BCUT2D eigenvalue weighted by molar-refractivity contribution is 5.39. The van der Waals surface area contributed by atoms with Crippen molar-refractivity contribution in [1.29, 1.82) is 0 Å². The van der Waals surface area contributed by atoms with Crippen molar-refractivity contribution in [1.82, 2.24) is 0 Å². The third-order valence-electron chi connectivity index (χ3n) is 4.67. The summed E-state index contributed by atoms with van der Waals surface area (Å²) in [5, 5.41) is 0. The highest BCUT2D eigenvalue weighted by atomic mass is 19.1. The van der Waals surface area contributed by atoms with Crippen molar-refractivity contribution in [3.63, 3.8) is 0 Å². The Kier molecular flexibility index (Phi) is 4.23. The van der Waals surface area contributed by atoms with E-state index in [1.54, 1.807) is 6.07 Å². The minimum atomic E-state index is -0.114. The van der Waals surface area contributed by atoms with E-state index in [4.69, 9.17) is 5.73 Å². The van der Waals surface area contributed by atoms with Gasteiger partial charge in [-0.05, 0) is 79.3 Å². The van der Waals surface area contributed by atoms with E-state index in [1.807, 2.05) is 18.2 Å². The first-order valence-electron chi connectivity index (χ1n) is 7.80. The molecular weight excluding hydrogens is 261 g/mol. The number of hydrogen-bond donors (Lipinski definition) is 1. The molecule has 0 amide bonds. The van der Waals surface area contributed by atoms with Crippen LogP contribution >= 0.6 is 0 Å². The number of benzene rings is 2. The van der Waals surface area contributed by atoms with Crippen LogP contribution in [0.5, 0.6) is 0 Å². The topological polar surface area (TPSA) is 26.0 Å². The zero-order chi connectivity index (χ0) is 14.7. The van der Waals surface area contributed by atoms with Crippen LogP contribution in [0.3, 0.4) is 0 Å². The van der Waals surface area contributed by atoms with Gasteiger partial charge in [0.25, 0.3) is 0 Å². The molecule has 1 fully saturated rings. The van der Waals surface area contributed by atoms with Gasteiger partial charge in [-0.15, -0.1) is 0 Å². The molecular formula is C19H22FN. The van der Waals surface area contributed by atoms with Gasteiger partial charge in [-0.25, -0.2) is 4.39 Å². The predicted molar refractivity (Wildman–Crippen MR) is 85.7 cm³/mol. The van der Waals surface area contributed by atoms with E-state index in [0.29, 0.717) is 5.92 Å². The van der Waals surface area contributed by atoms with Crippen LogP contribution in [0.25, 0.3) is 0 Å². The first kappa shape index (κ1) is 14.1. The maximum Gasteiger partial charge on any atom is 0.123 e. The second-order valence-corrected chi connectivity index (χ2v) is 6.22. The zero-order valence-electron chi connectivity index (χ0n) is 12.3. The highest BCUT2D eigenvalue weighted by Gasteiger charge is 2.22. The van der Waals surface area contributed by atoms with Crippen molar-refractivity contribution in [2.45, 2.75) is 38.0 Å². The summed E-state index contributed by atoms with van der Waals surface area (Å²) in [6.45, 7) is 0. The number of anilines is 1. The van der Waals surface area contributed by atoms with Crippen LogP contribution in [-0.4, -0.2) is 0 Å². The molecule has 110 valence electrons. The molecule has 2 aromatic carbocycles. The van der Waals surface area contributed by atoms with Gasteiger partial charge < -0.3 is 5.73 Å². The van der Waals surface area contributed by atoms with Gasteiger partial charge in [-0.2, -0.15) is 0 Å². The van der Waals surface area contributed by atoms with Gasteiger partial charge in [-0.3, -0.25) is 0 Å². The number of nitrogen functional groups attached to an aromatic ring is 1. The smallest absolute Gasteiger partial charge is 0.123 e. The van der Waals surface area contributed by atoms with Crippen LogP contribution in [0, 0.1) is 11.7 Å². The van der Waals surface area contributed by atoms with Gasteiger partial charge in [0.05, 0.1) is 0 Å². The van der Waals surface area contributed by atoms with Crippen LogP contribution < -0.4 is 5.73 Å². The van der Waals surface area contributed by atoms with Crippen molar-refractivity contribution in [2.24, 2.45) is 5.92 Å². The molecule has 2 N–H and O–H groups in total. The molecule has 0 aromatic heterocycles. The average Bonchev–Trinajstić information content (AvgIpc) is 2.50. The monoisotopic (exact) mass is 283 g/mol. The second kappa shape index (κ2) is 6.30. The summed E-state index contributed by atoms with van der Waals surface area (Å²) >= 11 is 0. The Balaban J connectivity index is 1.56. The Morgan fingerprint density at radius 1 is 0.952 bits per heavy atom. The van der Waals surface area contributed by atoms with Crippen molar-refractivity contribution in [3.05, 3.63) is 65.5 Å². The van der Waals surface area contributed by atoms with Gasteiger partial charge >= 0.3 is 0 Å². The van der Waals surface area contributed by atoms with Crippen LogP contribution in [-0.2, 0) is 6.42 Å². The minimum Gasteiger partial charge on any atom is -0.399 e. The molecule has 2 aromatic rings. The standard InChI is InChI=1S/C19H22FN/c20-18-3-1-2-17(13-18)16-8-4-14(5-9-16)12-15-6-10-19(21)11-7-15/h1-3,6-7,10-11,13-14,16H,4-5,8-9,12,21H2. The third kappa shape index (κ3) is 3.63. The first-order chi connectivity index (χ1) is 10.2. The molecule has 0 saturated heterocycles. The van der Waals surface area contributed by atoms with Gasteiger partial charge in [0.1, 0.15) is 5.82 Å². The molecule has 0 atom stereocenters. The summed E-state index contributed by atoms with van der Waals surface area (Å²) in [4.78, 5) is 0. The number of halogens is 1. The largest absolute Gasteiger partial charge is 0.399 e. The summed E-state index contributed by atoms with van der Waals surface area (Å²) in [5.41, 5.74) is 9.09. The second-order valence-electron chi connectivity index (χ2n) is 6.22. The van der Waals surface area contributed by atoms with Gasteiger partial charge in [0, 0.05) is 5.69 Å². The molecule has 0 aliphatic heterocycles. The van der Waals surface area contributed by atoms with E-state index in [0.717, 1.165) is 18.0 Å². The van der Waals surface area contributed by atoms with Gasteiger partial charge in [0.15, 0.2) is 0 Å². The first-order valence-corrected chi connectivity index (χ1v) is 7.80. The van der Waals surface area contributed by atoms with E-state index in [-0.39, 0.29) is 5.82 Å². The van der Waals surface area contributed by atoms with Gasteiger partial charge in [0.2, 0.25) is 0 Å². The minimum absolute atomic E-state index is 0.114. The molecule has 1 nitrogen and oxygen atoms in total. The van der Waals surface area contributed by atoms with Crippen LogP contribution in [0.15, 0.2) is 48.5 Å². The SMILES string of the molecule is Nc1ccc(CC2CCC(c3cccc(F)c3)CC2)cc1. The average molecular weight is 283 g/mol. The summed E-state index contributed by atoms with van der Waals surface area (Å²) in [6, 6.07) is 15.3. The lowest BCUT2D eigenvalue weighted by Gasteiger charge is -2.29. The van der Waals surface area contributed by atoms with Crippen molar-refractivity contribution < 1.29 is 4.39 Å². The molecule has 0 spiro atoms. The molecule has 0 unspecified atom stereocenters. The van der Waals surface area contributed by atoms with Gasteiger partial charge in [-0.1, -0.05) is 24.3 Å². The van der Waals surface area contributed by atoms with Crippen molar-refractivity contribution in [3.8, 4) is 0 Å². The Morgan fingerprint density at radius 3 is 2.33 bits per heavy atom. The summed E-state index contributed by atoms with van der Waals surface area (Å²) in [6.07, 6.45) is 5.93.